The van der Waals surface area contributed by atoms with E-state index in [0.717, 1.165) is 41.4 Å². The second-order valence-corrected chi connectivity index (χ2v) is 10.0. The Morgan fingerprint density at radius 1 is 0.950 bits per heavy atom. The van der Waals surface area contributed by atoms with E-state index in [-0.39, 0.29) is 5.56 Å². The van der Waals surface area contributed by atoms with E-state index in [2.05, 4.69) is 4.90 Å². The Labute approximate surface area is 231 Å². The summed E-state index contributed by atoms with van der Waals surface area (Å²) in [4.78, 5) is 25.7. The number of aromatic nitrogens is 4. The van der Waals surface area contributed by atoms with Gasteiger partial charge in [0.25, 0.3) is 5.56 Å². The Bertz CT molecular complexity index is 1770. The molecule has 0 saturated carbocycles. The van der Waals surface area contributed by atoms with Crippen LogP contribution in [0.3, 0.4) is 0 Å². The molecule has 5 aromatic rings. The van der Waals surface area contributed by atoms with E-state index in [4.69, 9.17) is 19.4 Å². The third-order valence-electron chi connectivity index (χ3n) is 7.55. The first kappa shape index (κ1) is 25.8. The number of hydrogen-bond donors (Lipinski definition) is 0. The maximum absolute atomic E-state index is 14.8. The number of fused-ring (bicyclic) bond motifs is 1. The highest BCUT2D eigenvalue weighted by molar-refractivity contribution is 5.86. The van der Waals surface area contributed by atoms with Crippen LogP contribution < -0.4 is 15.2 Å². The van der Waals surface area contributed by atoms with E-state index in [1.807, 2.05) is 67.1 Å². The van der Waals surface area contributed by atoms with Crippen molar-refractivity contribution in [1.82, 2.24) is 19.1 Å². The highest BCUT2D eigenvalue weighted by Crippen LogP contribution is 2.32. The summed E-state index contributed by atoms with van der Waals surface area (Å²) in [5.41, 5.74) is 5.28. The first-order valence-corrected chi connectivity index (χ1v) is 13.2. The second kappa shape index (κ2) is 10.2. The minimum absolute atomic E-state index is 0.297. The fourth-order valence-corrected chi connectivity index (χ4v) is 5.34. The molecule has 0 bridgehead atoms. The molecule has 1 fully saturated rings. The van der Waals surface area contributed by atoms with Crippen LogP contribution in [0.5, 0.6) is 5.75 Å². The van der Waals surface area contributed by atoms with E-state index in [1.165, 1.54) is 24.1 Å². The summed E-state index contributed by atoms with van der Waals surface area (Å²) in [5, 5.41) is 0.414. The lowest BCUT2D eigenvalue weighted by atomic mass is 10.1. The van der Waals surface area contributed by atoms with E-state index in [1.54, 1.807) is 6.92 Å². The first-order valence-electron chi connectivity index (χ1n) is 13.2. The Kier molecular flexibility index (Phi) is 6.59. The molecule has 0 aliphatic carbocycles. The third kappa shape index (κ3) is 4.32. The highest BCUT2D eigenvalue weighted by atomic mass is 19.1. The highest BCUT2D eigenvalue weighted by Gasteiger charge is 2.22. The number of rotatable bonds is 5. The largest absolute Gasteiger partial charge is 0.496 e. The van der Waals surface area contributed by atoms with Crippen molar-refractivity contribution in [2.45, 2.75) is 20.8 Å². The Morgan fingerprint density at radius 2 is 1.70 bits per heavy atom. The lowest BCUT2D eigenvalue weighted by Crippen LogP contribution is -2.36. The summed E-state index contributed by atoms with van der Waals surface area (Å²) < 4.78 is 29.0. The minimum Gasteiger partial charge on any atom is -0.496 e. The van der Waals surface area contributed by atoms with Crippen molar-refractivity contribution in [1.29, 1.82) is 0 Å². The Morgan fingerprint density at radius 3 is 2.38 bits per heavy atom. The van der Waals surface area contributed by atoms with Gasteiger partial charge in [-0.2, -0.15) is 0 Å². The van der Waals surface area contributed by atoms with Gasteiger partial charge in [-0.3, -0.25) is 13.9 Å². The smallest absolute Gasteiger partial charge is 0.267 e. The molecule has 1 saturated heterocycles. The summed E-state index contributed by atoms with van der Waals surface area (Å²) in [6.07, 6.45) is 3.29. The molecule has 40 heavy (non-hydrogen) atoms. The topological polar surface area (TPSA) is 74.4 Å². The van der Waals surface area contributed by atoms with Crippen LogP contribution in [0, 0.1) is 26.6 Å². The number of aryl methyl sites for hydroxylation is 1. The van der Waals surface area contributed by atoms with Gasteiger partial charge in [-0.1, -0.05) is 17.7 Å². The van der Waals surface area contributed by atoms with Gasteiger partial charge in [0, 0.05) is 47.7 Å². The van der Waals surface area contributed by atoms with Crippen LogP contribution in [-0.2, 0) is 4.74 Å². The molecule has 204 valence electrons. The van der Waals surface area contributed by atoms with Crippen LogP contribution in [-0.4, -0.2) is 52.5 Å². The van der Waals surface area contributed by atoms with E-state index >= 15 is 0 Å². The van der Waals surface area contributed by atoms with Crippen molar-refractivity contribution in [3.05, 3.63) is 93.9 Å². The second-order valence-electron chi connectivity index (χ2n) is 10.0. The van der Waals surface area contributed by atoms with Gasteiger partial charge in [0.15, 0.2) is 5.65 Å². The molecule has 0 spiro atoms. The average molecular weight is 540 g/mol. The zero-order valence-corrected chi connectivity index (χ0v) is 22.9. The molecule has 0 radical (unpaired) electrons. The van der Waals surface area contributed by atoms with Crippen LogP contribution in [0.1, 0.15) is 16.7 Å². The summed E-state index contributed by atoms with van der Waals surface area (Å²) in [5.74, 6) is 0.805. The number of morpholine rings is 1. The van der Waals surface area contributed by atoms with Crippen molar-refractivity contribution in [3.63, 3.8) is 0 Å². The van der Waals surface area contributed by atoms with Gasteiger partial charge in [-0.05, 0) is 51.1 Å². The number of anilines is 1. The van der Waals surface area contributed by atoms with E-state index in [9.17, 15) is 9.18 Å². The normalized spacial score (nSPS) is 13.7. The molecular formula is C31H30FN5O3. The first-order chi connectivity index (χ1) is 19.4. The van der Waals surface area contributed by atoms with E-state index in [0.29, 0.717) is 46.8 Å². The summed E-state index contributed by atoms with van der Waals surface area (Å²) >= 11 is 0. The van der Waals surface area contributed by atoms with Crippen molar-refractivity contribution in [2.24, 2.45) is 0 Å². The quantitative estimate of drug-likeness (QED) is 0.308. The van der Waals surface area contributed by atoms with Crippen LogP contribution in [0.15, 0.2) is 65.8 Å². The van der Waals surface area contributed by atoms with Gasteiger partial charge in [0.2, 0.25) is 0 Å². The Hall–Kier alpha value is -4.50. The maximum Gasteiger partial charge on any atom is 0.267 e. The number of pyridine rings is 1. The number of methoxy groups -OCH3 is 1. The molecule has 0 amide bonds. The summed E-state index contributed by atoms with van der Waals surface area (Å²) in [6, 6.07) is 15.3. The molecule has 8 nitrogen and oxygen atoms in total. The van der Waals surface area contributed by atoms with Gasteiger partial charge < -0.3 is 14.4 Å². The van der Waals surface area contributed by atoms with Crippen molar-refractivity contribution in [2.75, 3.05) is 38.3 Å². The predicted octanol–water partition coefficient (Wildman–Crippen LogP) is 5.15. The number of nitrogens with zero attached hydrogens (tertiary/aromatic N) is 5. The van der Waals surface area contributed by atoms with Crippen molar-refractivity contribution in [3.8, 4) is 28.4 Å². The Balaban J connectivity index is 1.55. The van der Waals surface area contributed by atoms with Crippen LogP contribution in [0.4, 0.5) is 10.2 Å². The van der Waals surface area contributed by atoms with Crippen LogP contribution in [0.25, 0.3) is 33.7 Å². The molecule has 1 aliphatic heterocycles. The fourth-order valence-electron chi connectivity index (χ4n) is 5.34. The predicted molar refractivity (Wildman–Crippen MR) is 154 cm³/mol. The molecular weight excluding hydrogens is 509 g/mol. The fraction of sp³-hybridized carbons (Fsp3) is 0.258. The third-order valence-corrected chi connectivity index (χ3v) is 7.55. The summed E-state index contributed by atoms with van der Waals surface area (Å²) in [6.45, 7) is 8.44. The summed E-state index contributed by atoms with van der Waals surface area (Å²) in [7, 11) is 1.48. The lowest BCUT2D eigenvalue weighted by molar-refractivity contribution is 0.122. The van der Waals surface area contributed by atoms with Gasteiger partial charge >= 0.3 is 0 Å². The molecule has 3 aromatic heterocycles. The SMILES string of the molecule is COc1cc(F)c(C)c(-n2cnc3c(cc(-c4ccc(N5CCOCC5)nc4)n3-c3ccc(C)cc3)c2=O)c1C. The van der Waals surface area contributed by atoms with Gasteiger partial charge in [0.05, 0.1) is 37.1 Å². The maximum atomic E-state index is 14.8. The molecule has 1 aliphatic rings. The molecule has 0 atom stereocenters. The van der Waals surface area contributed by atoms with Crippen molar-refractivity contribution < 1.29 is 13.9 Å². The molecule has 4 heterocycles. The lowest BCUT2D eigenvalue weighted by Gasteiger charge is -2.27. The molecule has 6 rings (SSSR count). The number of hydrogen-bond acceptors (Lipinski definition) is 6. The minimum atomic E-state index is -0.450. The van der Waals surface area contributed by atoms with E-state index < -0.39 is 5.82 Å². The van der Waals surface area contributed by atoms with Crippen molar-refractivity contribution >= 4 is 16.9 Å². The van der Waals surface area contributed by atoms with Gasteiger partial charge in [-0.15, -0.1) is 0 Å². The average Bonchev–Trinajstić information content (AvgIpc) is 3.37. The number of ether oxygens (including phenoxy) is 2. The molecule has 2 aromatic carbocycles. The zero-order valence-electron chi connectivity index (χ0n) is 22.9. The molecule has 0 unspecified atom stereocenters. The molecule has 0 N–H and O–H groups in total. The zero-order chi connectivity index (χ0) is 28.0. The standard InChI is InChI=1S/C31H30FN5O3/c1-19-5-8-23(9-6-19)37-26(22-7-10-28(33-17-22)35-11-13-40-14-12-35)15-24-30(37)34-18-36(31(24)38)29-20(2)25(32)16-27(39-4)21(29)3/h5-10,15-18H,11-14H2,1-4H3. The molecule has 9 heteroatoms. The van der Waals surface area contributed by atoms with Crippen LogP contribution >= 0.6 is 0 Å². The number of benzene rings is 2. The van der Waals surface area contributed by atoms with Gasteiger partial charge in [0.1, 0.15) is 23.7 Å². The monoisotopic (exact) mass is 539 g/mol. The number of halogens is 1. The van der Waals surface area contributed by atoms with Gasteiger partial charge in [-0.25, -0.2) is 14.4 Å². The van der Waals surface area contributed by atoms with Crippen LogP contribution in [0.2, 0.25) is 0 Å².